The van der Waals surface area contributed by atoms with Crippen molar-refractivity contribution < 1.29 is 9.53 Å². The van der Waals surface area contributed by atoms with Crippen molar-refractivity contribution in [2.24, 2.45) is 0 Å². The Bertz CT molecular complexity index is 660. The number of amides is 1. The van der Waals surface area contributed by atoms with Gasteiger partial charge in [-0.25, -0.2) is 0 Å². The van der Waals surface area contributed by atoms with Gasteiger partial charge in [0.2, 0.25) is 0 Å². The molecule has 0 aliphatic carbocycles. The third-order valence-corrected chi connectivity index (χ3v) is 3.74. The Labute approximate surface area is 136 Å². The van der Waals surface area contributed by atoms with E-state index in [1.807, 2.05) is 39.8 Å². The molecule has 2 heterocycles. The van der Waals surface area contributed by atoms with Crippen molar-refractivity contribution in [3.63, 3.8) is 0 Å². The highest BCUT2D eigenvalue weighted by atomic mass is 16.5. The maximum atomic E-state index is 11.9. The van der Waals surface area contributed by atoms with Crippen LogP contribution in [-0.2, 0) is 17.6 Å². The number of carbonyl (C=O) groups is 1. The summed E-state index contributed by atoms with van der Waals surface area (Å²) in [5, 5.41) is 9.96. The van der Waals surface area contributed by atoms with Gasteiger partial charge in [-0.1, -0.05) is 6.92 Å². The maximum absolute atomic E-state index is 11.9. The van der Waals surface area contributed by atoms with Crippen molar-refractivity contribution in [3.8, 4) is 5.75 Å². The molecule has 6 nitrogen and oxygen atoms in total. The number of aromatic amines is 1. The second kappa shape index (κ2) is 7.76. The lowest BCUT2D eigenvalue weighted by Gasteiger charge is -2.10. The smallest absolute Gasteiger partial charge is 0.257 e. The van der Waals surface area contributed by atoms with Gasteiger partial charge in [-0.15, -0.1) is 0 Å². The van der Waals surface area contributed by atoms with E-state index in [1.54, 1.807) is 0 Å². The van der Waals surface area contributed by atoms with Crippen molar-refractivity contribution in [1.29, 1.82) is 0 Å². The van der Waals surface area contributed by atoms with Gasteiger partial charge >= 0.3 is 0 Å². The van der Waals surface area contributed by atoms with Crippen LogP contribution in [0.5, 0.6) is 5.75 Å². The van der Waals surface area contributed by atoms with E-state index in [2.05, 4.69) is 20.5 Å². The van der Waals surface area contributed by atoms with Gasteiger partial charge in [0.15, 0.2) is 6.61 Å². The molecule has 23 heavy (non-hydrogen) atoms. The van der Waals surface area contributed by atoms with Gasteiger partial charge in [0.05, 0.1) is 11.4 Å². The van der Waals surface area contributed by atoms with Crippen molar-refractivity contribution in [3.05, 3.63) is 40.5 Å². The summed E-state index contributed by atoms with van der Waals surface area (Å²) in [5.74, 6) is 0.543. The number of carbonyl (C=O) groups excluding carboxylic acids is 1. The Balaban J connectivity index is 1.79. The van der Waals surface area contributed by atoms with Crippen LogP contribution in [0, 0.1) is 20.8 Å². The Morgan fingerprint density at radius 2 is 2.09 bits per heavy atom. The first-order chi connectivity index (χ1) is 11.0. The van der Waals surface area contributed by atoms with E-state index in [1.165, 1.54) is 0 Å². The maximum Gasteiger partial charge on any atom is 0.257 e. The van der Waals surface area contributed by atoms with Crippen LogP contribution in [0.2, 0.25) is 0 Å². The Morgan fingerprint density at radius 3 is 2.74 bits per heavy atom. The Morgan fingerprint density at radius 1 is 1.30 bits per heavy atom. The highest BCUT2D eigenvalue weighted by molar-refractivity contribution is 5.77. The highest BCUT2D eigenvalue weighted by Gasteiger charge is 2.09. The monoisotopic (exact) mass is 316 g/mol. The van der Waals surface area contributed by atoms with Crippen LogP contribution in [0.1, 0.15) is 35.3 Å². The first-order valence-electron chi connectivity index (χ1n) is 7.87. The zero-order valence-electron chi connectivity index (χ0n) is 14.2. The minimum atomic E-state index is -0.133. The second-order valence-electron chi connectivity index (χ2n) is 5.55. The van der Waals surface area contributed by atoms with Crippen molar-refractivity contribution >= 4 is 5.91 Å². The van der Waals surface area contributed by atoms with Crippen LogP contribution in [-0.4, -0.2) is 34.2 Å². The number of hydrogen-bond acceptors (Lipinski definition) is 4. The zero-order chi connectivity index (χ0) is 16.8. The molecular weight excluding hydrogens is 292 g/mol. The average molecular weight is 316 g/mol. The molecule has 0 radical (unpaired) electrons. The van der Waals surface area contributed by atoms with Gasteiger partial charge in [0.25, 0.3) is 5.91 Å². The van der Waals surface area contributed by atoms with E-state index < -0.39 is 0 Å². The molecule has 0 atom stereocenters. The Hall–Kier alpha value is -2.37. The molecular formula is C17H24N4O2. The summed E-state index contributed by atoms with van der Waals surface area (Å²) in [6, 6.07) is 3.75. The molecule has 124 valence electrons. The number of rotatable bonds is 7. The molecule has 0 aliphatic heterocycles. The SMILES string of the molecule is CCc1nc(C)ccc1OCC(=O)NCCc1c(C)n[nH]c1C. The topological polar surface area (TPSA) is 79.9 Å². The Kier molecular flexibility index (Phi) is 5.73. The summed E-state index contributed by atoms with van der Waals surface area (Å²) in [7, 11) is 0. The van der Waals surface area contributed by atoms with Crippen LogP contribution in [0.15, 0.2) is 12.1 Å². The first-order valence-corrected chi connectivity index (χ1v) is 7.87. The van der Waals surface area contributed by atoms with E-state index >= 15 is 0 Å². The van der Waals surface area contributed by atoms with E-state index in [0.717, 1.165) is 41.2 Å². The fourth-order valence-electron chi connectivity index (χ4n) is 2.45. The third kappa shape index (κ3) is 4.55. The summed E-state index contributed by atoms with van der Waals surface area (Å²) >= 11 is 0. The lowest BCUT2D eigenvalue weighted by molar-refractivity contribution is -0.123. The second-order valence-corrected chi connectivity index (χ2v) is 5.55. The van der Waals surface area contributed by atoms with Gasteiger partial charge < -0.3 is 10.1 Å². The number of nitrogens with one attached hydrogen (secondary N) is 2. The van der Waals surface area contributed by atoms with Crippen LogP contribution >= 0.6 is 0 Å². The molecule has 6 heteroatoms. The first kappa shape index (κ1) is 17.0. The van der Waals surface area contributed by atoms with Crippen molar-refractivity contribution in [1.82, 2.24) is 20.5 Å². The summed E-state index contributed by atoms with van der Waals surface area (Å²) in [4.78, 5) is 16.3. The zero-order valence-corrected chi connectivity index (χ0v) is 14.2. The van der Waals surface area contributed by atoms with E-state index in [4.69, 9.17) is 4.74 Å². The van der Waals surface area contributed by atoms with Crippen molar-refractivity contribution in [2.75, 3.05) is 13.2 Å². The van der Waals surface area contributed by atoms with Crippen molar-refractivity contribution in [2.45, 2.75) is 40.5 Å². The summed E-state index contributed by atoms with van der Waals surface area (Å²) < 4.78 is 5.59. The molecule has 2 N–H and O–H groups in total. The molecule has 2 aromatic rings. The number of aryl methyl sites for hydroxylation is 4. The molecule has 0 saturated heterocycles. The molecule has 2 aromatic heterocycles. The van der Waals surface area contributed by atoms with E-state index in [0.29, 0.717) is 12.3 Å². The van der Waals surface area contributed by atoms with E-state index in [-0.39, 0.29) is 12.5 Å². The molecule has 0 saturated carbocycles. The fourth-order valence-corrected chi connectivity index (χ4v) is 2.45. The standard InChI is InChI=1S/C17H24N4O2/c1-5-15-16(7-6-11(2)19-15)23-10-17(22)18-9-8-14-12(3)20-21-13(14)4/h6-7H,5,8-10H2,1-4H3,(H,18,22)(H,20,21). The molecule has 0 aliphatic rings. The lowest BCUT2D eigenvalue weighted by atomic mass is 10.1. The quantitative estimate of drug-likeness (QED) is 0.819. The van der Waals surface area contributed by atoms with Gasteiger partial charge in [-0.2, -0.15) is 5.10 Å². The van der Waals surface area contributed by atoms with Gasteiger partial charge in [-0.3, -0.25) is 14.9 Å². The lowest BCUT2D eigenvalue weighted by Crippen LogP contribution is -2.30. The van der Waals surface area contributed by atoms with Crippen LogP contribution in [0.25, 0.3) is 0 Å². The number of hydrogen-bond donors (Lipinski definition) is 2. The molecule has 1 amide bonds. The number of ether oxygens (including phenoxy) is 1. The molecule has 0 fully saturated rings. The predicted molar refractivity (Wildman–Crippen MR) is 88.6 cm³/mol. The molecule has 2 rings (SSSR count). The fraction of sp³-hybridized carbons (Fsp3) is 0.471. The minimum absolute atomic E-state index is 0.00108. The third-order valence-electron chi connectivity index (χ3n) is 3.74. The largest absolute Gasteiger partial charge is 0.482 e. The molecule has 0 aromatic carbocycles. The summed E-state index contributed by atoms with van der Waals surface area (Å²) in [6.45, 7) is 8.47. The molecule has 0 spiro atoms. The van der Waals surface area contributed by atoms with Crippen LogP contribution in [0.3, 0.4) is 0 Å². The van der Waals surface area contributed by atoms with Gasteiger partial charge in [-0.05, 0) is 51.3 Å². The highest BCUT2D eigenvalue weighted by Crippen LogP contribution is 2.17. The predicted octanol–water partition coefficient (Wildman–Crippen LogP) is 2.03. The van der Waals surface area contributed by atoms with E-state index in [9.17, 15) is 4.79 Å². The van der Waals surface area contributed by atoms with Gasteiger partial charge in [0.1, 0.15) is 5.75 Å². The molecule has 0 unspecified atom stereocenters. The van der Waals surface area contributed by atoms with Crippen LogP contribution in [0.4, 0.5) is 0 Å². The number of nitrogens with zero attached hydrogens (tertiary/aromatic N) is 2. The average Bonchev–Trinajstić information content (AvgIpc) is 2.85. The molecule has 0 bridgehead atoms. The number of aromatic nitrogens is 3. The van der Waals surface area contributed by atoms with Crippen LogP contribution < -0.4 is 10.1 Å². The van der Waals surface area contributed by atoms with Gasteiger partial charge in [0, 0.05) is 17.9 Å². The minimum Gasteiger partial charge on any atom is -0.482 e. The normalized spacial score (nSPS) is 10.6. The summed E-state index contributed by atoms with van der Waals surface area (Å²) in [5.41, 5.74) is 5.01. The summed E-state index contributed by atoms with van der Waals surface area (Å²) in [6.07, 6.45) is 1.53. The number of pyridine rings is 1. The number of H-pyrrole nitrogens is 1.